The fraction of sp³-hybridized carbons (Fsp3) is 0.429. The molecule has 0 aliphatic heterocycles. The molecule has 0 nitrogen and oxygen atoms in total. The molecule has 0 spiro atoms. The fourth-order valence-electron chi connectivity index (χ4n) is 1.62. The van der Waals surface area contributed by atoms with Gasteiger partial charge in [-0.05, 0) is 24.1 Å². The highest BCUT2D eigenvalue weighted by molar-refractivity contribution is 6.51. The lowest BCUT2D eigenvalue weighted by molar-refractivity contribution is 0.775. The van der Waals surface area contributed by atoms with Gasteiger partial charge in [-0.3, -0.25) is 0 Å². The van der Waals surface area contributed by atoms with E-state index in [-0.39, 0.29) is 0 Å². The van der Waals surface area contributed by atoms with Gasteiger partial charge < -0.3 is 4.11 Å². The molecule has 0 fully saturated rings. The van der Waals surface area contributed by atoms with Crippen LogP contribution in [-0.2, 0) is 6.42 Å². The summed E-state index contributed by atoms with van der Waals surface area (Å²) in [5.41, 5.74) is 1.30. The van der Waals surface area contributed by atoms with Crippen molar-refractivity contribution in [3.63, 3.8) is 0 Å². The molecular formula is C14H21FSi. The summed E-state index contributed by atoms with van der Waals surface area (Å²) in [6.45, 7) is 2.12. The highest BCUT2D eigenvalue weighted by atomic mass is 28.3. The van der Waals surface area contributed by atoms with Crippen LogP contribution in [0, 0.1) is 0 Å². The largest absolute Gasteiger partial charge is 0.318 e. The minimum Gasteiger partial charge on any atom is -0.318 e. The third-order valence-corrected chi connectivity index (χ3v) is 4.44. The Morgan fingerprint density at radius 2 is 1.94 bits per heavy atom. The molecule has 1 unspecified atom stereocenters. The predicted octanol–water partition coefficient (Wildman–Crippen LogP) is 4.28. The Labute approximate surface area is 100.0 Å². The van der Waals surface area contributed by atoms with Crippen LogP contribution < -0.4 is 0 Å². The molecule has 2 heteroatoms. The van der Waals surface area contributed by atoms with Gasteiger partial charge in [-0.1, -0.05) is 62.2 Å². The Balaban J connectivity index is 2.18. The summed E-state index contributed by atoms with van der Waals surface area (Å²) in [4.78, 5) is 0. The van der Waals surface area contributed by atoms with E-state index < -0.39 is 9.13 Å². The van der Waals surface area contributed by atoms with E-state index in [1.807, 2.05) is 24.3 Å². The molecule has 0 N–H and O–H groups in total. The van der Waals surface area contributed by atoms with E-state index in [9.17, 15) is 4.11 Å². The van der Waals surface area contributed by atoms with Gasteiger partial charge in [0.15, 0.2) is 0 Å². The number of hydrogen-bond donors (Lipinski definition) is 0. The van der Waals surface area contributed by atoms with Crippen molar-refractivity contribution < 1.29 is 4.11 Å². The molecule has 0 aromatic heterocycles. The van der Waals surface area contributed by atoms with Crippen LogP contribution in [0.15, 0.2) is 42.5 Å². The molecule has 88 valence electrons. The van der Waals surface area contributed by atoms with Crippen LogP contribution in [0.4, 0.5) is 4.11 Å². The minimum atomic E-state index is -1.93. The van der Waals surface area contributed by atoms with Gasteiger partial charge >= 0.3 is 0 Å². The fourth-order valence-corrected chi connectivity index (χ4v) is 3.20. The molecule has 16 heavy (non-hydrogen) atoms. The van der Waals surface area contributed by atoms with E-state index in [4.69, 9.17) is 0 Å². The molecule has 1 aromatic carbocycles. The van der Waals surface area contributed by atoms with Gasteiger partial charge in [-0.25, -0.2) is 0 Å². The Kier molecular flexibility index (Phi) is 6.82. The zero-order chi connectivity index (χ0) is 11.6. The van der Waals surface area contributed by atoms with Crippen molar-refractivity contribution in [1.82, 2.24) is 0 Å². The molecule has 0 radical (unpaired) electrons. The standard InChI is InChI=1S/C14H21FSi/c1-2-3-12-16(15)13-8-7-11-14-9-5-4-6-10-14/h4-10,16H,2-3,11-13H2,1H3. The van der Waals surface area contributed by atoms with Gasteiger partial charge in [0.2, 0.25) is 9.13 Å². The van der Waals surface area contributed by atoms with Crippen LogP contribution in [0.3, 0.4) is 0 Å². The summed E-state index contributed by atoms with van der Waals surface area (Å²) in [6.07, 6.45) is 7.22. The van der Waals surface area contributed by atoms with Crippen molar-refractivity contribution in [2.24, 2.45) is 0 Å². The summed E-state index contributed by atoms with van der Waals surface area (Å²) in [6, 6.07) is 11.8. The van der Waals surface area contributed by atoms with E-state index in [2.05, 4.69) is 25.1 Å². The monoisotopic (exact) mass is 236 g/mol. The van der Waals surface area contributed by atoms with Crippen molar-refractivity contribution in [2.45, 2.75) is 38.3 Å². The van der Waals surface area contributed by atoms with Gasteiger partial charge in [0.05, 0.1) is 0 Å². The lowest BCUT2D eigenvalue weighted by Crippen LogP contribution is -2.01. The molecule has 0 bridgehead atoms. The second-order valence-electron chi connectivity index (χ2n) is 4.14. The lowest BCUT2D eigenvalue weighted by atomic mass is 10.1. The first-order chi connectivity index (χ1) is 7.83. The number of allylic oxidation sites excluding steroid dienone is 2. The Morgan fingerprint density at radius 3 is 2.62 bits per heavy atom. The van der Waals surface area contributed by atoms with Crippen molar-refractivity contribution in [3.05, 3.63) is 48.0 Å². The van der Waals surface area contributed by atoms with Gasteiger partial charge in [0.1, 0.15) is 0 Å². The molecule has 1 rings (SSSR count). The normalized spacial score (nSPS) is 13.1. The van der Waals surface area contributed by atoms with Gasteiger partial charge in [-0.2, -0.15) is 0 Å². The van der Waals surface area contributed by atoms with E-state index >= 15 is 0 Å². The summed E-state index contributed by atoms with van der Waals surface area (Å²) in [5.74, 6) is 0. The number of rotatable bonds is 7. The second kappa shape index (κ2) is 8.28. The molecule has 0 amide bonds. The smallest absolute Gasteiger partial charge is 0.235 e. The second-order valence-corrected chi connectivity index (χ2v) is 6.38. The Morgan fingerprint density at radius 1 is 1.19 bits per heavy atom. The first kappa shape index (κ1) is 13.2. The maximum Gasteiger partial charge on any atom is 0.235 e. The van der Waals surface area contributed by atoms with Crippen LogP contribution in [0.2, 0.25) is 12.1 Å². The number of unbranched alkanes of at least 4 members (excludes halogenated alkanes) is 1. The van der Waals surface area contributed by atoms with E-state index in [0.717, 1.165) is 25.3 Å². The molecule has 1 atom stereocenters. The predicted molar refractivity (Wildman–Crippen MR) is 72.1 cm³/mol. The third-order valence-electron chi connectivity index (χ3n) is 2.63. The highest BCUT2D eigenvalue weighted by Crippen LogP contribution is 2.08. The quantitative estimate of drug-likeness (QED) is 0.376. The summed E-state index contributed by atoms with van der Waals surface area (Å²) >= 11 is 0. The van der Waals surface area contributed by atoms with Crippen LogP contribution in [0.5, 0.6) is 0 Å². The van der Waals surface area contributed by atoms with Crippen LogP contribution in [0.1, 0.15) is 25.3 Å². The Bertz CT molecular complexity index is 295. The van der Waals surface area contributed by atoms with Gasteiger partial charge in [0.25, 0.3) is 0 Å². The molecular weight excluding hydrogens is 215 g/mol. The summed E-state index contributed by atoms with van der Waals surface area (Å²) < 4.78 is 13.4. The average Bonchev–Trinajstić information content (AvgIpc) is 2.33. The van der Waals surface area contributed by atoms with E-state index in [0.29, 0.717) is 6.04 Å². The molecule has 0 aliphatic rings. The van der Waals surface area contributed by atoms with Crippen molar-refractivity contribution in [2.75, 3.05) is 0 Å². The van der Waals surface area contributed by atoms with Crippen molar-refractivity contribution >= 4 is 9.13 Å². The first-order valence-electron chi connectivity index (χ1n) is 6.16. The zero-order valence-electron chi connectivity index (χ0n) is 10.0. The molecule has 0 aliphatic carbocycles. The third kappa shape index (κ3) is 5.86. The molecule has 0 saturated carbocycles. The average molecular weight is 236 g/mol. The minimum absolute atomic E-state index is 0.701. The van der Waals surface area contributed by atoms with Crippen molar-refractivity contribution in [1.29, 1.82) is 0 Å². The maximum atomic E-state index is 13.4. The zero-order valence-corrected chi connectivity index (χ0v) is 11.2. The topological polar surface area (TPSA) is 0 Å². The van der Waals surface area contributed by atoms with Gasteiger partial charge in [-0.15, -0.1) is 0 Å². The van der Waals surface area contributed by atoms with E-state index in [1.54, 1.807) is 0 Å². The highest BCUT2D eigenvalue weighted by Gasteiger charge is 2.05. The van der Waals surface area contributed by atoms with Crippen molar-refractivity contribution in [3.8, 4) is 0 Å². The molecule has 1 aromatic rings. The summed E-state index contributed by atoms with van der Waals surface area (Å²) in [5, 5.41) is 0. The van der Waals surface area contributed by atoms with Crippen LogP contribution in [-0.4, -0.2) is 9.13 Å². The lowest BCUT2D eigenvalue weighted by Gasteiger charge is -2.00. The molecule has 0 saturated heterocycles. The first-order valence-corrected chi connectivity index (χ1v) is 8.23. The number of benzene rings is 1. The number of hydrogen-bond acceptors (Lipinski definition) is 0. The maximum absolute atomic E-state index is 13.4. The SMILES string of the molecule is CCCC[SiH](F)CC=CCc1ccccc1. The summed E-state index contributed by atoms with van der Waals surface area (Å²) in [7, 11) is -1.93. The molecule has 0 heterocycles. The van der Waals surface area contributed by atoms with E-state index in [1.165, 1.54) is 5.56 Å². The van der Waals surface area contributed by atoms with Gasteiger partial charge in [0, 0.05) is 0 Å². The Hall–Kier alpha value is -0.893. The van der Waals surface area contributed by atoms with Crippen LogP contribution in [0.25, 0.3) is 0 Å². The number of halogens is 1. The van der Waals surface area contributed by atoms with Crippen LogP contribution >= 0.6 is 0 Å².